The van der Waals surface area contributed by atoms with Crippen molar-refractivity contribution < 1.29 is 39.5 Å². The Hall–Kier alpha value is -5.00. The van der Waals surface area contributed by atoms with Crippen LogP contribution in [-0.2, 0) is 40.4 Å². The summed E-state index contributed by atoms with van der Waals surface area (Å²) in [4.78, 5) is 50.3. The molecule has 0 amide bonds. The van der Waals surface area contributed by atoms with Crippen molar-refractivity contribution in [2.24, 2.45) is 0 Å². The zero-order valence-electron chi connectivity index (χ0n) is 26.1. The Balaban J connectivity index is 1.87. The molecular formula is C36H35NO10. The summed E-state index contributed by atoms with van der Waals surface area (Å²) in [6.07, 6.45) is 3.78. The number of aliphatic hydroxyl groups is 2. The lowest BCUT2D eigenvalue weighted by Crippen LogP contribution is -2.17. The van der Waals surface area contributed by atoms with Crippen LogP contribution in [0.15, 0.2) is 27.3 Å². The Morgan fingerprint density at radius 2 is 1.64 bits per heavy atom. The predicted octanol–water partition coefficient (Wildman–Crippen LogP) is 4.33. The first-order chi connectivity index (χ1) is 22.7. The molecule has 5 aromatic carbocycles. The number of fused-ring (bicyclic) bond motifs is 1. The number of aliphatic hydroxyl groups excluding tert-OH is 2. The minimum atomic E-state index is -0.922. The van der Waals surface area contributed by atoms with Crippen LogP contribution in [0.4, 0.5) is 5.69 Å². The van der Waals surface area contributed by atoms with Crippen molar-refractivity contribution in [3.05, 3.63) is 66.0 Å². The van der Waals surface area contributed by atoms with Gasteiger partial charge < -0.3 is 35.2 Å². The number of ether oxygens (including phenoxy) is 2. The zero-order chi connectivity index (χ0) is 33.6. The number of aromatic hydroxyl groups is 1. The summed E-state index contributed by atoms with van der Waals surface area (Å²) in [7, 11) is 1.42. The highest BCUT2D eigenvalue weighted by Crippen LogP contribution is 2.53. The summed E-state index contributed by atoms with van der Waals surface area (Å²) in [6.45, 7) is 1.85. The van der Waals surface area contributed by atoms with Crippen LogP contribution in [0.25, 0.3) is 49.2 Å². The molecule has 0 saturated heterocycles. The number of aliphatic carboxylic acids is 1. The summed E-state index contributed by atoms with van der Waals surface area (Å²) in [5.74, 6) is -1.09. The lowest BCUT2D eigenvalue weighted by molar-refractivity contribution is -0.137. The van der Waals surface area contributed by atoms with Gasteiger partial charge >= 0.3 is 5.97 Å². The maximum absolute atomic E-state index is 14.7. The third-order valence-corrected chi connectivity index (χ3v) is 9.19. The second kappa shape index (κ2) is 12.7. The molecule has 1 aliphatic carbocycles. The fraction of sp³-hybridized carbons (Fsp3) is 0.333. The molecule has 0 heterocycles. The summed E-state index contributed by atoms with van der Waals surface area (Å²) in [5.41, 5.74) is 3.06. The molecule has 0 atom stereocenters. The number of anilines is 1. The third kappa shape index (κ3) is 5.06. The normalized spacial score (nSPS) is 12.7. The van der Waals surface area contributed by atoms with E-state index in [4.69, 9.17) is 9.47 Å². The maximum Gasteiger partial charge on any atom is 0.303 e. The minimum absolute atomic E-state index is 0.0209. The van der Waals surface area contributed by atoms with Crippen LogP contribution in [0.1, 0.15) is 60.4 Å². The van der Waals surface area contributed by atoms with Crippen LogP contribution in [0.5, 0.6) is 11.5 Å². The molecule has 0 bridgehead atoms. The molecule has 5 aromatic rings. The second-order valence-corrected chi connectivity index (χ2v) is 12.0. The molecule has 11 nitrogen and oxygen atoms in total. The molecule has 0 aliphatic heterocycles. The largest absolute Gasteiger partial charge is 0.504 e. The molecule has 0 unspecified atom stereocenters. The first-order valence-electron chi connectivity index (χ1n) is 15.5. The van der Waals surface area contributed by atoms with E-state index in [9.17, 15) is 39.6 Å². The van der Waals surface area contributed by atoms with Crippen LogP contribution in [0.3, 0.4) is 0 Å². The van der Waals surface area contributed by atoms with E-state index in [2.05, 4.69) is 5.32 Å². The molecule has 47 heavy (non-hydrogen) atoms. The van der Waals surface area contributed by atoms with E-state index >= 15 is 0 Å². The van der Waals surface area contributed by atoms with E-state index in [1.165, 1.54) is 13.2 Å². The summed E-state index contributed by atoms with van der Waals surface area (Å²) >= 11 is 0. The SMILES string of the molecule is COc1c(O)c2c(=O)cc(CO)c3c4c(CO)cc(NCCCOC=O)c5c(=O)c(CCCCC(=O)O)c6c(c(c1CC(C)=C6)c23)c54. The number of carboxylic acid groups (broad SMARTS) is 1. The highest BCUT2D eigenvalue weighted by molar-refractivity contribution is 6.38. The highest BCUT2D eigenvalue weighted by Gasteiger charge is 2.32. The van der Waals surface area contributed by atoms with Gasteiger partial charge in [-0.2, -0.15) is 0 Å². The van der Waals surface area contributed by atoms with Crippen molar-refractivity contribution in [1.82, 2.24) is 0 Å². The van der Waals surface area contributed by atoms with E-state index in [0.29, 0.717) is 116 Å². The van der Waals surface area contributed by atoms with Crippen molar-refractivity contribution >= 4 is 67.3 Å². The quantitative estimate of drug-likeness (QED) is 0.0504. The standard InChI is InChI=1S/C36H35NO10/c1-17-10-21-20(6-3-4-7-25(42)43)34(44)30-23(37-8-5-9-47-16-40)12-18(14-38)26-27-19(15-39)13-24(41)31-33(27)29(28(21)32(26)30)22(11-17)36(46-2)35(31)45/h10,12-13,16,37-39,45H,3-9,11,14-15H2,1-2H3,(H,42,43). The Labute approximate surface area is 268 Å². The van der Waals surface area contributed by atoms with E-state index in [1.807, 2.05) is 13.0 Å². The number of nitrogens with one attached hydrogen (secondary N) is 1. The molecule has 0 aromatic heterocycles. The number of phenolic OH excluding ortho intramolecular Hbond substituents is 1. The number of unbranched alkanes of at least 4 members (excludes halogenated alkanes) is 1. The maximum atomic E-state index is 14.7. The number of phenols is 1. The molecule has 6 rings (SSSR count). The number of hydrogen-bond donors (Lipinski definition) is 5. The fourth-order valence-electron chi connectivity index (χ4n) is 7.37. The van der Waals surface area contributed by atoms with E-state index < -0.39 is 24.6 Å². The van der Waals surface area contributed by atoms with Crippen LogP contribution < -0.4 is 20.9 Å². The summed E-state index contributed by atoms with van der Waals surface area (Å²) in [5, 5.41) is 49.0. The van der Waals surface area contributed by atoms with Crippen LogP contribution in [-0.4, -0.2) is 53.1 Å². The lowest BCUT2D eigenvalue weighted by atomic mass is 9.80. The molecule has 0 radical (unpaired) electrons. The number of methoxy groups -OCH3 is 1. The number of rotatable bonds is 14. The van der Waals surface area contributed by atoms with E-state index in [0.717, 1.165) is 5.57 Å². The van der Waals surface area contributed by atoms with Gasteiger partial charge in [-0.25, -0.2) is 0 Å². The number of carbonyl (C=O) groups excluding carboxylic acids is 1. The van der Waals surface area contributed by atoms with E-state index in [-0.39, 0.29) is 35.3 Å². The van der Waals surface area contributed by atoms with Crippen LogP contribution in [0.2, 0.25) is 0 Å². The van der Waals surface area contributed by atoms with E-state index in [1.54, 1.807) is 6.07 Å². The van der Waals surface area contributed by atoms with Gasteiger partial charge in [0.15, 0.2) is 22.4 Å². The average molecular weight is 642 g/mol. The number of hydrogen-bond acceptors (Lipinski definition) is 10. The highest BCUT2D eigenvalue weighted by atomic mass is 16.5. The zero-order valence-corrected chi connectivity index (χ0v) is 26.1. The van der Waals surface area contributed by atoms with Gasteiger partial charge in [0.2, 0.25) is 0 Å². The second-order valence-electron chi connectivity index (χ2n) is 12.0. The van der Waals surface area contributed by atoms with Crippen molar-refractivity contribution in [3.63, 3.8) is 0 Å². The number of allylic oxidation sites excluding steroid dienone is 1. The Bertz CT molecular complexity index is 2220. The summed E-state index contributed by atoms with van der Waals surface area (Å²) < 4.78 is 10.6. The number of carboxylic acids is 1. The first-order valence-corrected chi connectivity index (χ1v) is 15.5. The number of carbonyl (C=O) groups is 2. The molecule has 1 aliphatic rings. The van der Waals surface area contributed by atoms with Crippen molar-refractivity contribution in [2.45, 2.75) is 58.7 Å². The van der Waals surface area contributed by atoms with Gasteiger partial charge in [-0.15, -0.1) is 0 Å². The van der Waals surface area contributed by atoms with Gasteiger partial charge in [0, 0.05) is 40.6 Å². The van der Waals surface area contributed by atoms with Crippen molar-refractivity contribution in [2.75, 3.05) is 25.6 Å². The van der Waals surface area contributed by atoms with Gasteiger partial charge in [0.25, 0.3) is 6.47 Å². The molecule has 0 fully saturated rings. The van der Waals surface area contributed by atoms with Gasteiger partial charge in [0.05, 0.1) is 37.7 Å². The van der Waals surface area contributed by atoms with Gasteiger partial charge in [-0.3, -0.25) is 19.2 Å². The van der Waals surface area contributed by atoms with Crippen LogP contribution in [0, 0.1) is 0 Å². The van der Waals surface area contributed by atoms with Gasteiger partial charge in [-0.05, 0) is 89.4 Å². The molecule has 244 valence electrons. The molecular weight excluding hydrogens is 606 g/mol. The first kappa shape index (κ1) is 32.0. The predicted molar refractivity (Wildman–Crippen MR) is 179 cm³/mol. The Morgan fingerprint density at radius 1 is 0.936 bits per heavy atom. The third-order valence-electron chi connectivity index (χ3n) is 9.19. The minimum Gasteiger partial charge on any atom is -0.504 e. The fourth-order valence-corrected chi connectivity index (χ4v) is 7.37. The molecule has 5 N–H and O–H groups in total. The average Bonchev–Trinajstić information content (AvgIpc) is 3.19. The lowest BCUT2D eigenvalue weighted by Gasteiger charge is -2.24. The monoisotopic (exact) mass is 641 g/mol. The molecule has 11 heteroatoms. The summed E-state index contributed by atoms with van der Waals surface area (Å²) in [6, 6.07) is 2.96. The smallest absolute Gasteiger partial charge is 0.303 e. The van der Waals surface area contributed by atoms with Gasteiger partial charge in [-0.1, -0.05) is 11.6 Å². The Morgan fingerprint density at radius 3 is 2.30 bits per heavy atom. The number of benzene rings is 5. The molecule has 0 saturated carbocycles. The van der Waals surface area contributed by atoms with Crippen molar-refractivity contribution in [1.29, 1.82) is 0 Å². The van der Waals surface area contributed by atoms with Crippen LogP contribution >= 0.6 is 0 Å². The molecule has 0 spiro atoms. The topological polar surface area (TPSA) is 180 Å². The van der Waals surface area contributed by atoms with Crippen molar-refractivity contribution in [3.8, 4) is 11.5 Å². The Kier molecular flexibility index (Phi) is 8.61. The van der Waals surface area contributed by atoms with Gasteiger partial charge in [0.1, 0.15) is 0 Å².